The van der Waals surface area contributed by atoms with Crippen molar-refractivity contribution in [2.45, 2.75) is 6.92 Å². The molecule has 6 nitrogen and oxygen atoms in total. The Morgan fingerprint density at radius 2 is 2.05 bits per heavy atom. The molecule has 0 heterocycles. The number of anilines is 1. The van der Waals surface area contributed by atoms with Crippen molar-refractivity contribution >= 4 is 28.9 Å². The minimum absolute atomic E-state index is 0.0977. The van der Waals surface area contributed by atoms with Gasteiger partial charge in [0.05, 0.1) is 12.0 Å². The van der Waals surface area contributed by atoms with E-state index in [2.05, 4.69) is 5.32 Å². The van der Waals surface area contributed by atoms with Crippen molar-refractivity contribution in [1.29, 1.82) is 0 Å². The van der Waals surface area contributed by atoms with Gasteiger partial charge < -0.3 is 10.1 Å². The van der Waals surface area contributed by atoms with Crippen molar-refractivity contribution in [2.75, 3.05) is 12.4 Å². The van der Waals surface area contributed by atoms with Crippen LogP contribution in [-0.2, 0) is 0 Å². The Kier molecular flexibility index (Phi) is 4.62. The molecule has 7 heteroatoms. The highest BCUT2D eigenvalue weighted by atomic mass is 35.5. The number of amides is 1. The van der Waals surface area contributed by atoms with Crippen LogP contribution in [0.5, 0.6) is 5.75 Å². The summed E-state index contributed by atoms with van der Waals surface area (Å²) < 4.78 is 4.90. The first kappa shape index (κ1) is 15.8. The third kappa shape index (κ3) is 3.17. The molecular formula is C15H13ClN2O4. The average Bonchev–Trinajstić information content (AvgIpc) is 2.51. The molecule has 0 spiro atoms. The normalized spacial score (nSPS) is 10.1. The SMILES string of the molecule is COc1ccc(C(=O)Nc2cccc(Cl)c2C)cc1[N+](=O)[O-]. The molecule has 0 atom stereocenters. The molecule has 1 amide bonds. The van der Waals surface area contributed by atoms with Gasteiger partial charge in [-0.2, -0.15) is 0 Å². The molecular weight excluding hydrogens is 308 g/mol. The van der Waals surface area contributed by atoms with E-state index in [9.17, 15) is 14.9 Å². The first-order valence-electron chi connectivity index (χ1n) is 6.33. The van der Waals surface area contributed by atoms with E-state index in [4.69, 9.17) is 16.3 Å². The fourth-order valence-corrected chi connectivity index (χ4v) is 2.09. The summed E-state index contributed by atoms with van der Waals surface area (Å²) in [5, 5.41) is 14.2. The van der Waals surface area contributed by atoms with E-state index in [0.29, 0.717) is 10.7 Å². The number of nitrogens with zero attached hydrogens (tertiary/aromatic N) is 1. The number of rotatable bonds is 4. The summed E-state index contributed by atoms with van der Waals surface area (Å²) in [7, 11) is 1.33. The van der Waals surface area contributed by atoms with E-state index in [0.717, 1.165) is 5.56 Å². The third-order valence-electron chi connectivity index (χ3n) is 3.15. The number of carbonyl (C=O) groups excluding carboxylic acids is 1. The summed E-state index contributed by atoms with van der Waals surface area (Å²) in [5.74, 6) is -0.364. The zero-order valence-electron chi connectivity index (χ0n) is 11.9. The zero-order valence-corrected chi connectivity index (χ0v) is 12.7. The van der Waals surface area contributed by atoms with Crippen molar-refractivity contribution in [1.82, 2.24) is 0 Å². The van der Waals surface area contributed by atoms with Crippen molar-refractivity contribution in [3.63, 3.8) is 0 Å². The van der Waals surface area contributed by atoms with Crippen LogP contribution in [0.2, 0.25) is 5.02 Å². The number of hydrogen-bond donors (Lipinski definition) is 1. The summed E-state index contributed by atoms with van der Waals surface area (Å²) >= 11 is 5.99. The molecule has 2 rings (SSSR count). The van der Waals surface area contributed by atoms with Gasteiger partial charge in [-0.15, -0.1) is 0 Å². The van der Waals surface area contributed by atoms with E-state index < -0.39 is 10.8 Å². The van der Waals surface area contributed by atoms with Gasteiger partial charge in [0.2, 0.25) is 0 Å². The molecule has 0 aliphatic carbocycles. The van der Waals surface area contributed by atoms with Crippen LogP contribution in [-0.4, -0.2) is 17.9 Å². The van der Waals surface area contributed by atoms with Gasteiger partial charge in [-0.25, -0.2) is 0 Å². The zero-order chi connectivity index (χ0) is 16.3. The number of halogens is 1. The molecule has 114 valence electrons. The Labute approximate surface area is 131 Å². The predicted molar refractivity (Wildman–Crippen MR) is 83.8 cm³/mol. The van der Waals surface area contributed by atoms with Crippen LogP contribution in [0.4, 0.5) is 11.4 Å². The number of hydrogen-bond acceptors (Lipinski definition) is 4. The summed E-state index contributed by atoms with van der Waals surface area (Å²) in [5.41, 5.74) is 1.17. The second kappa shape index (κ2) is 6.44. The number of nitrogens with one attached hydrogen (secondary N) is 1. The van der Waals surface area contributed by atoms with Crippen molar-refractivity contribution in [2.24, 2.45) is 0 Å². The van der Waals surface area contributed by atoms with Gasteiger partial charge in [0.15, 0.2) is 5.75 Å². The standard InChI is InChI=1S/C15H13ClN2O4/c1-9-11(16)4-3-5-12(9)17-15(19)10-6-7-14(22-2)13(8-10)18(20)21/h3-8H,1-2H3,(H,17,19). The van der Waals surface area contributed by atoms with E-state index in [1.54, 1.807) is 25.1 Å². The quantitative estimate of drug-likeness (QED) is 0.686. The minimum Gasteiger partial charge on any atom is -0.490 e. The number of methoxy groups -OCH3 is 1. The van der Waals surface area contributed by atoms with Crippen molar-refractivity contribution in [3.8, 4) is 5.75 Å². The van der Waals surface area contributed by atoms with Gasteiger partial charge in [-0.05, 0) is 36.8 Å². The Balaban J connectivity index is 2.32. The van der Waals surface area contributed by atoms with Crippen LogP contribution in [0, 0.1) is 17.0 Å². The number of nitro groups is 1. The molecule has 1 N–H and O–H groups in total. The van der Waals surface area contributed by atoms with Crippen molar-refractivity contribution < 1.29 is 14.5 Å². The molecule has 2 aromatic rings. The first-order chi connectivity index (χ1) is 10.4. The number of carbonyl (C=O) groups is 1. The molecule has 0 fully saturated rings. The highest BCUT2D eigenvalue weighted by Crippen LogP contribution is 2.28. The van der Waals surface area contributed by atoms with Crippen molar-refractivity contribution in [3.05, 3.63) is 62.7 Å². The molecule has 0 radical (unpaired) electrons. The highest BCUT2D eigenvalue weighted by Gasteiger charge is 2.18. The van der Waals surface area contributed by atoms with Gasteiger partial charge in [0.25, 0.3) is 5.91 Å². The molecule has 0 saturated heterocycles. The topological polar surface area (TPSA) is 81.5 Å². The lowest BCUT2D eigenvalue weighted by Crippen LogP contribution is -2.13. The van der Waals surface area contributed by atoms with Crippen LogP contribution >= 0.6 is 11.6 Å². The largest absolute Gasteiger partial charge is 0.490 e. The minimum atomic E-state index is -0.597. The first-order valence-corrected chi connectivity index (χ1v) is 6.70. The summed E-state index contributed by atoms with van der Waals surface area (Å²) in [4.78, 5) is 22.6. The molecule has 0 aliphatic heterocycles. The second-order valence-electron chi connectivity index (χ2n) is 4.51. The van der Waals surface area contributed by atoms with Gasteiger partial charge in [-0.1, -0.05) is 17.7 Å². The molecule has 0 saturated carbocycles. The van der Waals surface area contributed by atoms with E-state index >= 15 is 0 Å². The lowest BCUT2D eigenvalue weighted by molar-refractivity contribution is -0.385. The molecule has 22 heavy (non-hydrogen) atoms. The molecule has 0 aliphatic rings. The molecule has 0 unspecified atom stereocenters. The van der Waals surface area contributed by atoms with Gasteiger partial charge in [0.1, 0.15) is 0 Å². The maximum atomic E-state index is 12.2. The molecule has 0 aromatic heterocycles. The smallest absolute Gasteiger partial charge is 0.311 e. The van der Waals surface area contributed by atoms with E-state index in [-0.39, 0.29) is 17.0 Å². The number of benzene rings is 2. The van der Waals surface area contributed by atoms with E-state index in [1.807, 2.05) is 0 Å². The lowest BCUT2D eigenvalue weighted by Gasteiger charge is -2.10. The maximum Gasteiger partial charge on any atom is 0.311 e. The lowest BCUT2D eigenvalue weighted by atomic mass is 10.1. The molecule has 2 aromatic carbocycles. The van der Waals surface area contributed by atoms with Crippen LogP contribution in [0.15, 0.2) is 36.4 Å². The summed E-state index contributed by atoms with van der Waals surface area (Å²) in [6.07, 6.45) is 0. The second-order valence-corrected chi connectivity index (χ2v) is 4.92. The van der Waals surface area contributed by atoms with Crippen LogP contribution in [0.1, 0.15) is 15.9 Å². The fraction of sp³-hybridized carbons (Fsp3) is 0.133. The van der Waals surface area contributed by atoms with E-state index in [1.165, 1.54) is 25.3 Å². The Hall–Kier alpha value is -2.60. The van der Waals surface area contributed by atoms with Gasteiger partial charge in [-0.3, -0.25) is 14.9 Å². The molecule has 0 bridgehead atoms. The monoisotopic (exact) mass is 320 g/mol. The van der Waals surface area contributed by atoms with Gasteiger partial charge in [0, 0.05) is 22.3 Å². The predicted octanol–water partition coefficient (Wildman–Crippen LogP) is 3.82. The Bertz CT molecular complexity index is 746. The summed E-state index contributed by atoms with van der Waals surface area (Å²) in [6, 6.07) is 9.15. The Morgan fingerprint density at radius 1 is 1.32 bits per heavy atom. The fourth-order valence-electron chi connectivity index (χ4n) is 1.91. The Morgan fingerprint density at radius 3 is 2.68 bits per heavy atom. The van der Waals surface area contributed by atoms with Crippen LogP contribution in [0.3, 0.4) is 0 Å². The average molecular weight is 321 g/mol. The maximum absolute atomic E-state index is 12.2. The van der Waals surface area contributed by atoms with Crippen LogP contribution in [0.25, 0.3) is 0 Å². The number of nitro benzene ring substituents is 1. The number of ether oxygens (including phenoxy) is 1. The highest BCUT2D eigenvalue weighted by molar-refractivity contribution is 6.31. The van der Waals surface area contributed by atoms with Gasteiger partial charge >= 0.3 is 5.69 Å². The van der Waals surface area contributed by atoms with Crippen LogP contribution < -0.4 is 10.1 Å². The third-order valence-corrected chi connectivity index (χ3v) is 3.56. The summed E-state index contributed by atoms with van der Waals surface area (Å²) in [6.45, 7) is 1.77.